The maximum Gasteiger partial charge on any atom is 0.323 e. The molecule has 3 aromatic rings. The fourth-order valence-corrected chi connectivity index (χ4v) is 6.47. The summed E-state index contributed by atoms with van der Waals surface area (Å²) in [5.74, 6) is -0.785. The lowest BCUT2D eigenvalue weighted by Gasteiger charge is -2.09. The zero-order valence-corrected chi connectivity index (χ0v) is 23.5. The number of aryl methyl sites for hydroxylation is 1. The second-order valence-electron chi connectivity index (χ2n) is 8.76. The van der Waals surface area contributed by atoms with Crippen LogP contribution in [0.4, 0.5) is 0 Å². The molecule has 2 aromatic heterocycles. The average Bonchev–Trinajstić information content (AvgIpc) is 3.57. The van der Waals surface area contributed by atoms with Crippen molar-refractivity contribution >= 4 is 80.1 Å². The van der Waals surface area contributed by atoms with Gasteiger partial charge in [-0.2, -0.15) is 5.26 Å². The molecule has 1 aromatic carbocycles. The van der Waals surface area contributed by atoms with E-state index in [4.69, 9.17) is 22.1 Å². The van der Waals surface area contributed by atoms with Crippen molar-refractivity contribution < 1.29 is 19.4 Å². The van der Waals surface area contributed by atoms with Crippen LogP contribution in [0.1, 0.15) is 47.9 Å². The van der Waals surface area contributed by atoms with Gasteiger partial charge in [0.25, 0.3) is 5.91 Å². The molecule has 0 spiro atoms. The van der Waals surface area contributed by atoms with Crippen molar-refractivity contribution in [2.45, 2.75) is 39.2 Å². The fraction of sp³-hybridized carbons (Fsp3) is 0.286. The number of thioether (sulfide) groups is 1. The number of nitriles is 1. The topological polar surface area (TPSA) is 95.6 Å². The number of aromatic nitrogens is 1. The molecule has 7 nitrogen and oxygen atoms in total. The van der Waals surface area contributed by atoms with E-state index in [9.17, 15) is 14.9 Å². The van der Waals surface area contributed by atoms with E-state index in [1.54, 1.807) is 13.2 Å². The third-order valence-corrected chi connectivity index (χ3v) is 8.57. The van der Waals surface area contributed by atoms with Gasteiger partial charge in [-0.05, 0) is 48.9 Å². The molecule has 0 saturated carbocycles. The van der Waals surface area contributed by atoms with Gasteiger partial charge in [0, 0.05) is 39.0 Å². The Bertz CT molecular complexity index is 1490. The first-order chi connectivity index (χ1) is 18.3. The van der Waals surface area contributed by atoms with Gasteiger partial charge in [0.05, 0.1) is 17.6 Å². The van der Waals surface area contributed by atoms with Crippen LogP contribution in [0.2, 0.25) is 0 Å². The van der Waals surface area contributed by atoms with Gasteiger partial charge in [-0.25, -0.2) is 0 Å². The number of benzene rings is 1. The monoisotopic (exact) mass is 565 g/mol. The van der Waals surface area contributed by atoms with Crippen LogP contribution in [0.3, 0.4) is 0 Å². The van der Waals surface area contributed by atoms with Gasteiger partial charge in [0.2, 0.25) is 0 Å². The van der Waals surface area contributed by atoms with Crippen LogP contribution in [0.15, 0.2) is 41.4 Å². The third kappa shape index (κ3) is 6.18. The molecule has 1 amide bonds. The molecule has 0 atom stereocenters. The molecule has 38 heavy (non-hydrogen) atoms. The molecule has 4 rings (SSSR count). The number of allylic oxidation sites excluding steroid dienone is 1. The van der Waals surface area contributed by atoms with E-state index in [-0.39, 0.29) is 4.32 Å². The quantitative estimate of drug-likeness (QED) is 0.120. The highest BCUT2D eigenvalue weighted by Gasteiger charge is 2.33. The second kappa shape index (κ2) is 12.4. The Kier molecular flexibility index (Phi) is 9.05. The van der Waals surface area contributed by atoms with Crippen molar-refractivity contribution in [3.05, 3.63) is 56.8 Å². The maximum atomic E-state index is 12.6. The first kappa shape index (κ1) is 27.6. The number of hydrogen-bond acceptors (Lipinski definition) is 7. The highest BCUT2D eigenvalue weighted by atomic mass is 32.2. The number of carboxylic acids is 1. The number of aliphatic carboxylic acids is 1. The van der Waals surface area contributed by atoms with Crippen LogP contribution in [0.5, 0.6) is 5.75 Å². The van der Waals surface area contributed by atoms with Crippen LogP contribution in [0.25, 0.3) is 28.6 Å². The van der Waals surface area contributed by atoms with E-state index >= 15 is 0 Å². The van der Waals surface area contributed by atoms with Gasteiger partial charge >= 0.3 is 5.97 Å². The molecule has 0 bridgehead atoms. The molecule has 1 saturated heterocycles. The van der Waals surface area contributed by atoms with E-state index in [2.05, 4.69) is 29.8 Å². The molecular weight excluding hydrogens is 539 g/mol. The summed E-state index contributed by atoms with van der Waals surface area (Å²) >= 11 is 7.64. The van der Waals surface area contributed by atoms with Crippen molar-refractivity contribution in [2.75, 3.05) is 13.7 Å². The number of carboxylic acid groups (broad SMARTS) is 1. The van der Waals surface area contributed by atoms with Crippen LogP contribution in [-0.4, -0.2) is 44.4 Å². The van der Waals surface area contributed by atoms with E-state index in [0.717, 1.165) is 61.6 Å². The van der Waals surface area contributed by atoms with Crippen molar-refractivity contribution in [1.82, 2.24) is 9.47 Å². The minimum atomic E-state index is -1.12. The molecule has 0 aliphatic carbocycles. The maximum absolute atomic E-state index is 12.6. The zero-order chi connectivity index (χ0) is 27.2. The van der Waals surface area contributed by atoms with Gasteiger partial charge in [-0.1, -0.05) is 50.2 Å². The zero-order valence-electron chi connectivity index (χ0n) is 21.1. The van der Waals surface area contributed by atoms with Crippen molar-refractivity contribution in [3.63, 3.8) is 0 Å². The third-order valence-electron chi connectivity index (χ3n) is 6.12. The van der Waals surface area contributed by atoms with Gasteiger partial charge < -0.3 is 14.4 Å². The summed E-state index contributed by atoms with van der Waals surface area (Å²) in [4.78, 5) is 26.6. The number of methoxy groups -OCH3 is 1. The molecule has 3 heterocycles. The number of amides is 1. The Hall–Kier alpha value is -3.39. The standard InChI is InChI=1S/C28H27N3O4S3/c1-3-4-5-6-11-30-16-19(22-13-20(35-2)7-9-23(22)30)12-18(15-29)24-10-8-21(37-24)14-25-27(34)31(17-26(32)33)28(36)38-25/h7-10,12-14,16H,3-6,11,17H2,1-2H3,(H,32,33)/b18-12-,25-14-. The molecule has 1 aliphatic rings. The second-order valence-corrected chi connectivity index (χ2v) is 11.5. The number of thiocarbonyl (C=S) groups is 1. The summed E-state index contributed by atoms with van der Waals surface area (Å²) in [5.41, 5.74) is 2.55. The lowest BCUT2D eigenvalue weighted by atomic mass is 10.1. The Morgan fingerprint density at radius 2 is 2.05 bits per heavy atom. The van der Waals surface area contributed by atoms with Crippen LogP contribution in [0, 0.1) is 11.3 Å². The van der Waals surface area contributed by atoms with Crippen molar-refractivity contribution in [2.24, 2.45) is 0 Å². The highest BCUT2D eigenvalue weighted by Crippen LogP contribution is 2.36. The predicted molar refractivity (Wildman–Crippen MR) is 158 cm³/mol. The Morgan fingerprint density at radius 3 is 2.76 bits per heavy atom. The molecule has 0 unspecified atom stereocenters. The van der Waals surface area contributed by atoms with Gasteiger partial charge in [0.15, 0.2) is 0 Å². The summed E-state index contributed by atoms with van der Waals surface area (Å²) in [6, 6.07) is 12.0. The number of hydrogen-bond donors (Lipinski definition) is 1. The number of nitrogens with zero attached hydrogens (tertiary/aromatic N) is 3. The minimum absolute atomic E-state index is 0.222. The molecule has 196 valence electrons. The molecule has 1 N–H and O–H groups in total. The van der Waals surface area contributed by atoms with Gasteiger partial charge in [-0.3, -0.25) is 14.5 Å². The smallest absolute Gasteiger partial charge is 0.323 e. The molecular formula is C28H27N3O4S3. The normalized spacial score (nSPS) is 15.0. The summed E-state index contributed by atoms with van der Waals surface area (Å²) < 4.78 is 7.92. The van der Waals surface area contributed by atoms with Gasteiger partial charge in [0.1, 0.15) is 22.7 Å². The summed E-state index contributed by atoms with van der Waals surface area (Å²) in [6.07, 6.45) is 10.3. The number of rotatable bonds is 11. The summed E-state index contributed by atoms with van der Waals surface area (Å²) in [7, 11) is 1.64. The van der Waals surface area contributed by atoms with E-state index in [1.165, 1.54) is 30.6 Å². The van der Waals surface area contributed by atoms with E-state index in [1.807, 2.05) is 30.3 Å². The van der Waals surface area contributed by atoms with E-state index < -0.39 is 18.4 Å². The molecule has 1 fully saturated rings. The van der Waals surface area contributed by atoms with Crippen LogP contribution < -0.4 is 4.74 Å². The van der Waals surface area contributed by atoms with Gasteiger partial charge in [-0.15, -0.1) is 11.3 Å². The number of ether oxygens (including phenoxy) is 1. The summed E-state index contributed by atoms with van der Waals surface area (Å²) in [5, 5.41) is 20.1. The molecule has 0 radical (unpaired) electrons. The average molecular weight is 566 g/mol. The minimum Gasteiger partial charge on any atom is -0.497 e. The number of carbonyl (C=O) groups is 2. The molecule has 1 aliphatic heterocycles. The van der Waals surface area contributed by atoms with Crippen LogP contribution >= 0.6 is 35.3 Å². The Balaban J connectivity index is 1.63. The highest BCUT2D eigenvalue weighted by molar-refractivity contribution is 8.26. The lowest BCUT2D eigenvalue weighted by Crippen LogP contribution is -2.33. The number of unbranched alkanes of at least 4 members (excludes halogenated alkanes) is 3. The fourth-order valence-electron chi connectivity index (χ4n) is 4.23. The first-order valence-corrected chi connectivity index (χ1v) is 14.2. The van der Waals surface area contributed by atoms with Crippen molar-refractivity contribution in [3.8, 4) is 11.8 Å². The van der Waals surface area contributed by atoms with Crippen LogP contribution in [-0.2, 0) is 16.1 Å². The lowest BCUT2D eigenvalue weighted by molar-refractivity contribution is -0.140. The number of fused-ring (bicyclic) bond motifs is 1. The van der Waals surface area contributed by atoms with E-state index in [0.29, 0.717) is 10.5 Å². The number of thiophene rings is 1. The SMILES string of the molecule is CCCCCCn1cc(/C=C(/C#N)c2ccc(/C=C3\SC(=S)N(CC(=O)O)C3=O)s2)c2cc(OC)ccc21. The Labute approximate surface area is 235 Å². The largest absolute Gasteiger partial charge is 0.497 e. The first-order valence-electron chi connectivity index (χ1n) is 12.2. The molecule has 10 heteroatoms. The van der Waals surface area contributed by atoms with Crippen molar-refractivity contribution in [1.29, 1.82) is 5.26 Å². The Morgan fingerprint density at radius 1 is 1.24 bits per heavy atom. The predicted octanol–water partition coefficient (Wildman–Crippen LogP) is 6.64. The summed E-state index contributed by atoms with van der Waals surface area (Å²) in [6.45, 7) is 2.64. The number of carbonyl (C=O) groups excluding carboxylic acids is 1.